The molecule has 9 heteroatoms. The van der Waals surface area contributed by atoms with E-state index in [4.69, 9.17) is 25.8 Å². The fraction of sp³-hybridized carbons (Fsp3) is 0.759. The largest absolute Gasteiger partial charge is 0.480 e. The summed E-state index contributed by atoms with van der Waals surface area (Å²) in [7, 11) is 0. The van der Waals surface area contributed by atoms with Crippen LogP contribution in [0.3, 0.4) is 0 Å². The van der Waals surface area contributed by atoms with Crippen LogP contribution < -0.4 is 11.1 Å². The van der Waals surface area contributed by atoms with Crippen molar-refractivity contribution in [2.75, 3.05) is 13.2 Å². The number of nitrogens with one attached hydrogen (secondary N) is 1. The van der Waals surface area contributed by atoms with E-state index in [2.05, 4.69) is 18.5 Å². The maximum Gasteiger partial charge on any atom is 0.407 e. The van der Waals surface area contributed by atoms with Gasteiger partial charge in [0.25, 0.3) is 0 Å². The van der Waals surface area contributed by atoms with Gasteiger partial charge in [0, 0.05) is 6.61 Å². The molecule has 0 aliphatic rings. The van der Waals surface area contributed by atoms with E-state index in [-0.39, 0.29) is 5.41 Å². The zero-order valence-electron chi connectivity index (χ0n) is 24.8. The fourth-order valence-corrected chi connectivity index (χ4v) is 2.84. The molecular formula is C29H56N2O7. The third-order valence-electron chi connectivity index (χ3n) is 5.43. The first-order valence-electron chi connectivity index (χ1n) is 13.5. The van der Waals surface area contributed by atoms with E-state index in [0.29, 0.717) is 13.2 Å². The van der Waals surface area contributed by atoms with Crippen LogP contribution in [-0.2, 0) is 14.3 Å². The van der Waals surface area contributed by atoms with E-state index in [1.165, 1.54) is 12.8 Å². The Hall–Kier alpha value is -2.39. The lowest BCUT2D eigenvalue weighted by Gasteiger charge is -2.27. The van der Waals surface area contributed by atoms with Gasteiger partial charge in [-0.05, 0) is 49.4 Å². The number of allylic oxidation sites excluding steroid dienone is 2. The number of nitrogens with two attached hydrogens (primary N) is 1. The third-order valence-corrected chi connectivity index (χ3v) is 5.43. The van der Waals surface area contributed by atoms with Crippen molar-refractivity contribution in [1.82, 2.24) is 5.32 Å². The summed E-state index contributed by atoms with van der Waals surface area (Å²) in [4.78, 5) is 32.8. The van der Waals surface area contributed by atoms with Crippen LogP contribution in [0.4, 0.5) is 4.79 Å². The third kappa shape index (κ3) is 26.7. The number of hydrogen-bond donors (Lipinski definition) is 5. The molecule has 0 saturated heterocycles. The molecule has 0 aromatic heterocycles. The summed E-state index contributed by atoms with van der Waals surface area (Å²) in [5.74, 6) is -2.00. The van der Waals surface area contributed by atoms with Crippen molar-refractivity contribution in [3.63, 3.8) is 0 Å². The van der Waals surface area contributed by atoms with Crippen molar-refractivity contribution in [2.45, 2.75) is 118 Å². The van der Waals surface area contributed by atoms with E-state index in [1.54, 1.807) is 41.5 Å². The van der Waals surface area contributed by atoms with Gasteiger partial charge >= 0.3 is 18.0 Å². The molecule has 0 bridgehead atoms. The summed E-state index contributed by atoms with van der Waals surface area (Å²) in [5.41, 5.74) is 4.39. The molecule has 0 unspecified atom stereocenters. The molecule has 9 nitrogen and oxygen atoms in total. The van der Waals surface area contributed by atoms with E-state index < -0.39 is 35.5 Å². The Morgan fingerprint density at radius 1 is 0.789 bits per heavy atom. The standard InChI is InChI=1S/C15H27NO4.C8H16O.C6H13NO2/c1-5-6-7-8-9-10-11-20-14(19)16-12(13(17)18)15(2,3)4;1-2-3-4-5-6-7-8-9;1-6(2,3)4(7)5(8)9/h5,12H,1,6-11H2,2-4H3,(H,16,19)(H,17,18);2,9H,1,3-8H2;4H,7H2,1-3H3,(H,8,9)/t12-;;4-/m1.1/s1. The molecule has 0 aromatic rings. The quantitative estimate of drug-likeness (QED) is 0.118. The summed E-state index contributed by atoms with van der Waals surface area (Å²) in [6.45, 7) is 18.6. The number of aliphatic hydroxyl groups excluding tert-OH is 1. The number of carboxylic acid groups (broad SMARTS) is 2. The smallest absolute Gasteiger partial charge is 0.407 e. The van der Waals surface area contributed by atoms with Crippen molar-refractivity contribution < 1.29 is 34.4 Å². The van der Waals surface area contributed by atoms with Crippen LogP contribution in [0.2, 0.25) is 0 Å². The van der Waals surface area contributed by atoms with Gasteiger partial charge in [0.2, 0.25) is 0 Å². The van der Waals surface area contributed by atoms with Gasteiger partial charge in [-0.15, -0.1) is 13.2 Å². The lowest BCUT2D eigenvalue weighted by atomic mass is 9.87. The van der Waals surface area contributed by atoms with E-state index in [1.807, 2.05) is 12.2 Å². The Morgan fingerprint density at radius 2 is 1.24 bits per heavy atom. The number of unbranched alkanes of at least 4 members (excludes halogenated alkanes) is 8. The zero-order chi connectivity index (χ0) is 30.2. The van der Waals surface area contributed by atoms with Gasteiger partial charge < -0.3 is 31.1 Å². The monoisotopic (exact) mass is 544 g/mol. The van der Waals surface area contributed by atoms with Gasteiger partial charge in [-0.2, -0.15) is 0 Å². The van der Waals surface area contributed by atoms with E-state index >= 15 is 0 Å². The Morgan fingerprint density at radius 3 is 1.55 bits per heavy atom. The predicted octanol–water partition coefficient (Wildman–Crippen LogP) is 5.91. The Kier molecular flexibility index (Phi) is 25.0. The molecule has 0 rings (SSSR count). The first-order valence-corrected chi connectivity index (χ1v) is 13.5. The molecule has 0 heterocycles. The minimum atomic E-state index is -1.06. The highest BCUT2D eigenvalue weighted by molar-refractivity contribution is 5.80. The number of carbonyl (C=O) groups excluding carboxylic acids is 1. The van der Waals surface area contributed by atoms with Gasteiger partial charge in [-0.1, -0.05) is 79.4 Å². The van der Waals surface area contributed by atoms with Crippen LogP contribution in [0.1, 0.15) is 106 Å². The van der Waals surface area contributed by atoms with Gasteiger partial charge in [-0.25, -0.2) is 9.59 Å². The van der Waals surface area contributed by atoms with Gasteiger partial charge in [-0.3, -0.25) is 4.79 Å². The summed E-state index contributed by atoms with van der Waals surface area (Å²) >= 11 is 0. The molecule has 0 saturated carbocycles. The number of carboxylic acids is 2. The van der Waals surface area contributed by atoms with Crippen LogP contribution in [0, 0.1) is 10.8 Å². The summed E-state index contributed by atoms with van der Waals surface area (Å²) in [6.07, 6.45) is 13.8. The molecule has 6 N–H and O–H groups in total. The first kappa shape index (κ1) is 40.1. The molecule has 0 fully saturated rings. The number of hydrogen-bond acceptors (Lipinski definition) is 6. The topological polar surface area (TPSA) is 159 Å². The molecule has 0 radical (unpaired) electrons. The molecule has 1 amide bonds. The van der Waals surface area contributed by atoms with Gasteiger partial charge in [0.15, 0.2) is 0 Å². The number of aliphatic carboxylic acids is 2. The molecule has 2 atom stereocenters. The summed E-state index contributed by atoms with van der Waals surface area (Å²) < 4.78 is 4.99. The van der Waals surface area contributed by atoms with Gasteiger partial charge in [0.1, 0.15) is 12.1 Å². The van der Waals surface area contributed by atoms with Crippen LogP contribution in [0.25, 0.3) is 0 Å². The second-order valence-corrected chi connectivity index (χ2v) is 11.3. The minimum absolute atomic E-state index is 0.316. The van der Waals surface area contributed by atoms with Crippen molar-refractivity contribution in [3.8, 4) is 0 Å². The van der Waals surface area contributed by atoms with Crippen molar-refractivity contribution in [3.05, 3.63) is 25.3 Å². The number of aliphatic hydroxyl groups is 1. The van der Waals surface area contributed by atoms with Crippen molar-refractivity contribution in [2.24, 2.45) is 16.6 Å². The summed E-state index contributed by atoms with van der Waals surface area (Å²) in [5, 5.41) is 28.3. The number of ether oxygens (including phenoxy) is 1. The predicted molar refractivity (Wildman–Crippen MR) is 154 cm³/mol. The van der Waals surface area contributed by atoms with Crippen LogP contribution in [-0.4, -0.2) is 58.6 Å². The fourth-order valence-electron chi connectivity index (χ4n) is 2.84. The molecule has 0 spiro atoms. The van der Waals surface area contributed by atoms with Crippen LogP contribution in [0.15, 0.2) is 25.3 Å². The molecule has 0 aromatic carbocycles. The SMILES string of the molecule is C=CCCCCCCO.C=CCCCCCCOC(=O)N[C@H](C(=O)O)C(C)(C)C.CC(C)(C)[C@H](N)C(=O)O. The average Bonchev–Trinajstić information content (AvgIpc) is 2.80. The Bertz CT molecular complexity index is 652. The number of rotatable bonds is 16. The minimum Gasteiger partial charge on any atom is -0.480 e. The highest BCUT2D eigenvalue weighted by Crippen LogP contribution is 2.19. The van der Waals surface area contributed by atoms with Gasteiger partial charge in [0.05, 0.1) is 6.61 Å². The number of amides is 1. The Balaban J connectivity index is -0.000000563. The maximum absolute atomic E-state index is 11.5. The molecular weight excluding hydrogens is 488 g/mol. The average molecular weight is 545 g/mol. The lowest BCUT2D eigenvalue weighted by Crippen LogP contribution is -2.49. The van der Waals surface area contributed by atoms with E-state index in [9.17, 15) is 14.4 Å². The highest BCUT2D eigenvalue weighted by Gasteiger charge is 2.33. The summed E-state index contributed by atoms with van der Waals surface area (Å²) in [6, 6.07) is -1.72. The molecule has 38 heavy (non-hydrogen) atoms. The highest BCUT2D eigenvalue weighted by atomic mass is 16.5. The van der Waals surface area contributed by atoms with E-state index in [0.717, 1.165) is 51.4 Å². The number of alkyl carbamates (subject to hydrolysis) is 1. The van der Waals surface area contributed by atoms with Crippen LogP contribution in [0.5, 0.6) is 0 Å². The lowest BCUT2D eigenvalue weighted by molar-refractivity contribution is -0.142. The van der Waals surface area contributed by atoms with Crippen LogP contribution >= 0.6 is 0 Å². The Labute approximate surface area is 230 Å². The molecule has 0 aliphatic carbocycles. The second-order valence-electron chi connectivity index (χ2n) is 11.3. The molecule has 224 valence electrons. The first-order chi connectivity index (χ1) is 17.6. The van der Waals surface area contributed by atoms with Crippen molar-refractivity contribution in [1.29, 1.82) is 0 Å². The second kappa shape index (κ2) is 23.7. The zero-order valence-corrected chi connectivity index (χ0v) is 24.8. The molecule has 0 aliphatic heterocycles. The number of carbonyl (C=O) groups is 3. The maximum atomic E-state index is 11.5. The van der Waals surface area contributed by atoms with Crippen molar-refractivity contribution >= 4 is 18.0 Å². The normalized spacial score (nSPS) is 12.4.